The Balaban J connectivity index is 2.03. The SMILES string of the molecule is N#Cc1c(N2CCCC(O)C2)nn(-c2nccs2)c1N. The van der Waals surface area contributed by atoms with Crippen molar-refractivity contribution in [3.8, 4) is 11.2 Å². The lowest BCUT2D eigenvalue weighted by Crippen LogP contribution is -2.38. The minimum Gasteiger partial charge on any atom is -0.391 e. The van der Waals surface area contributed by atoms with Crippen molar-refractivity contribution in [1.82, 2.24) is 14.8 Å². The molecule has 3 N–H and O–H groups in total. The fourth-order valence-electron chi connectivity index (χ4n) is 2.36. The third-order valence-electron chi connectivity index (χ3n) is 3.31. The van der Waals surface area contributed by atoms with E-state index in [0.717, 1.165) is 19.4 Å². The highest BCUT2D eigenvalue weighted by Gasteiger charge is 2.26. The van der Waals surface area contributed by atoms with E-state index in [0.29, 0.717) is 23.1 Å². The van der Waals surface area contributed by atoms with Crippen LogP contribution in [-0.2, 0) is 0 Å². The van der Waals surface area contributed by atoms with Crippen molar-refractivity contribution < 1.29 is 5.11 Å². The largest absolute Gasteiger partial charge is 0.391 e. The second kappa shape index (κ2) is 5.11. The van der Waals surface area contributed by atoms with Crippen LogP contribution in [0.15, 0.2) is 11.6 Å². The van der Waals surface area contributed by atoms with Gasteiger partial charge in [-0.05, 0) is 12.8 Å². The summed E-state index contributed by atoms with van der Waals surface area (Å²) in [5, 5.41) is 25.9. The third-order valence-corrected chi connectivity index (χ3v) is 4.06. The summed E-state index contributed by atoms with van der Waals surface area (Å²) < 4.78 is 1.49. The first-order valence-electron chi connectivity index (χ1n) is 6.32. The van der Waals surface area contributed by atoms with E-state index in [1.54, 1.807) is 6.20 Å². The molecule has 1 saturated heterocycles. The molecule has 7 nitrogen and oxygen atoms in total. The first kappa shape index (κ1) is 12.9. The van der Waals surface area contributed by atoms with Gasteiger partial charge in [0.25, 0.3) is 0 Å². The number of nitrogens with two attached hydrogens (primary N) is 1. The van der Waals surface area contributed by atoms with Crippen LogP contribution >= 0.6 is 11.3 Å². The summed E-state index contributed by atoms with van der Waals surface area (Å²) >= 11 is 1.40. The molecule has 0 spiro atoms. The standard InChI is InChI=1S/C12H14N6OS/c13-6-9-10(14)18(12-15-3-5-20-12)16-11(9)17-4-1-2-8(19)7-17/h3,5,8,19H,1-2,4,7,14H2. The van der Waals surface area contributed by atoms with Crippen LogP contribution in [0.4, 0.5) is 11.6 Å². The van der Waals surface area contributed by atoms with Crippen LogP contribution in [0.2, 0.25) is 0 Å². The Morgan fingerprint density at radius 1 is 1.55 bits per heavy atom. The van der Waals surface area contributed by atoms with Gasteiger partial charge in [-0.25, -0.2) is 4.98 Å². The molecule has 2 aromatic rings. The van der Waals surface area contributed by atoms with E-state index in [9.17, 15) is 10.4 Å². The predicted octanol–water partition coefficient (Wildman–Crippen LogP) is 0.744. The Morgan fingerprint density at radius 2 is 2.40 bits per heavy atom. The van der Waals surface area contributed by atoms with Crippen molar-refractivity contribution in [1.29, 1.82) is 5.26 Å². The number of piperidine rings is 1. The summed E-state index contributed by atoms with van der Waals surface area (Å²) in [5.41, 5.74) is 6.34. The van der Waals surface area contributed by atoms with Crippen molar-refractivity contribution in [2.45, 2.75) is 18.9 Å². The molecule has 1 fully saturated rings. The van der Waals surface area contributed by atoms with Gasteiger partial charge in [-0.1, -0.05) is 0 Å². The number of aromatic nitrogens is 3. The molecule has 0 aliphatic carbocycles. The quantitative estimate of drug-likeness (QED) is 0.845. The van der Waals surface area contributed by atoms with E-state index in [1.165, 1.54) is 16.0 Å². The van der Waals surface area contributed by atoms with Crippen LogP contribution in [0, 0.1) is 11.3 Å². The van der Waals surface area contributed by atoms with Crippen molar-refractivity contribution in [2.75, 3.05) is 23.7 Å². The molecule has 3 rings (SSSR count). The topological polar surface area (TPSA) is 104 Å². The monoisotopic (exact) mass is 290 g/mol. The lowest BCUT2D eigenvalue weighted by atomic mass is 10.1. The van der Waals surface area contributed by atoms with Crippen LogP contribution in [0.1, 0.15) is 18.4 Å². The highest BCUT2D eigenvalue weighted by molar-refractivity contribution is 7.12. The van der Waals surface area contributed by atoms with Gasteiger partial charge < -0.3 is 15.7 Å². The average molecular weight is 290 g/mol. The van der Waals surface area contributed by atoms with E-state index in [2.05, 4.69) is 16.2 Å². The second-order valence-electron chi connectivity index (χ2n) is 4.66. The molecular formula is C12H14N6OS. The number of nitriles is 1. The van der Waals surface area contributed by atoms with Crippen LogP contribution in [0.5, 0.6) is 0 Å². The number of thiazole rings is 1. The van der Waals surface area contributed by atoms with Crippen molar-refractivity contribution in [2.24, 2.45) is 0 Å². The Hall–Kier alpha value is -2.11. The van der Waals surface area contributed by atoms with Gasteiger partial charge in [-0.15, -0.1) is 16.4 Å². The Morgan fingerprint density at radius 3 is 3.05 bits per heavy atom. The highest BCUT2D eigenvalue weighted by Crippen LogP contribution is 2.29. The van der Waals surface area contributed by atoms with Gasteiger partial charge in [0.15, 0.2) is 5.82 Å². The molecule has 2 aromatic heterocycles. The summed E-state index contributed by atoms with van der Waals surface area (Å²) in [5.74, 6) is 0.816. The maximum absolute atomic E-state index is 9.76. The van der Waals surface area contributed by atoms with Gasteiger partial charge >= 0.3 is 0 Å². The number of hydrogen-bond donors (Lipinski definition) is 2. The zero-order chi connectivity index (χ0) is 14.1. The van der Waals surface area contributed by atoms with E-state index in [1.807, 2.05) is 10.3 Å². The fraction of sp³-hybridized carbons (Fsp3) is 0.417. The van der Waals surface area contributed by atoms with Crippen LogP contribution in [-0.4, -0.2) is 39.1 Å². The number of rotatable bonds is 2. The Bertz CT molecular complexity index is 644. The number of β-amino-alcohol motifs (C(OH)–C–C–N with tert-alkyl or cyclic N) is 1. The van der Waals surface area contributed by atoms with Gasteiger partial charge in [-0.3, -0.25) is 0 Å². The summed E-state index contributed by atoms with van der Waals surface area (Å²) in [6.45, 7) is 1.24. The van der Waals surface area contributed by atoms with Gasteiger partial charge in [0.2, 0.25) is 5.13 Å². The zero-order valence-corrected chi connectivity index (χ0v) is 11.5. The molecule has 8 heteroatoms. The van der Waals surface area contributed by atoms with Gasteiger partial charge in [0.1, 0.15) is 17.5 Å². The molecule has 1 atom stereocenters. The maximum Gasteiger partial charge on any atom is 0.212 e. The molecule has 0 saturated carbocycles. The van der Waals surface area contributed by atoms with E-state index in [-0.39, 0.29) is 11.9 Å². The number of nitrogens with zero attached hydrogens (tertiary/aromatic N) is 5. The minimum absolute atomic E-state index is 0.289. The average Bonchev–Trinajstić information content (AvgIpc) is 3.06. The minimum atomic E-state index is -0.387. The van der Waals surface area contributed by atoms with Crippen LogP contribution < -0.4 is 10.6 Å². The van der Waals surface area contributed by atoms with E-state index in [4.69, 9.17) is 5.73 Å². The summed E-state index contributed by atoms with van der Waals surface area (Å²) in [4.78, 5) is 6.07. The van der Waals surface area contributed by atoms with Crippen molar-refractivity contribution in [3.05, 3.63) is 17.1 Å². The van der Waals surface area contributed by atoms with Crippen molar-refractivity contribution in [3.63, 3.8) is 0 Å². The normalized spacial score (nSPS) is 19.0. The molecule has 0 amide bonds. The lowest BCUT2D eigenvalue weighted by molar-refractivity contribution is 0.154. The molecule has 0 bridgehead atoms. The molecule has 0 radical (unpaired) electrons. The molecule has 1 aliphatic rings. The van der Waals surface area contributed by atoms with Crippen LogP contribution in [0.3, 0.4) is 0 Å². The summed E-state index contributed by atoms with van der Waals surface area (Å²) in [7, 11) is 0. The van der Waals surface area contributed by atoms with Gasteiger partial charge in [-0.2, -0.15) is 9.94 Å². The number of hydrogen-bond acceptors (Lipinski definition) is 7. The smallest absolute Gasteiger partial charge is 0.212 e. The van der Waals surface area contributed by atoms with Crippen LogP contribution in [0.25, 0.3) is 5.13 Å². The van der Waals surface area contributed by atoms with E-state index < -0.39 is 0 Å². The molecular weight excluding hydrogens is 276 g/mol. The predicted molar refractivity (Wildman–Crippen MR) is 75.8 cm³/mol. The first-order chi connectivity index (χ1) is 9.70. The second-order valence-corrected chi connectivity index (χ2v) is 5.54. The van der Waals surface area contributed by atoms with Gasteiger partial charge in [0.05, 0.1) is 6.10 Å². The molecule has 104 valence electrons. The Kier molecular flexibility index (Phi) is 3.30. The third kappa shape index (κ3) is 2.11. The van der Waals surface area contributed by atoms with E-state index >= 15 is 0 Å². The number of aliphatic hydroxyl groups is 1. The maximum atomic E-state index is 9.76. The fourth-order valence-corrected chi connectivity index (χ4v) is 2.97. The summed E-state index contributed by atoms with van der Waals surface area (Å²) in [6, 6.07) is 2.10. The first-order valence-corrected chi connectivity index (χ1v) is 7.20. The number of anilines is 2. The zero-order valence-electron chi connectivity index (χ0n) is 10.7. The molecule has 1 aliphatic heterocycles. The number of nitrogen functional groups attached to an aromatic ring is 1. The molecule has 20 heavy (non-hydrogen) atoms. The van der Waals surface area contributed by atoms with Crippen molar-refractivity contribution >= 4 is 23.0 Å². The Labute approximate surface area is 119 Å². The van der Waals surface area contributed by atoms with Gasteiger partial charge in [0, 0.05) is 24.7 Å². The molecule has 3 heterocycles. The number of aliphatic hydroxyl groups excluding tert-OH is 1. The lowest BCUT2D eigenvalue weighted by Gasteiger charge is -2.30. The molecule has 0 aromatic carbocycles. The highest BCUT2D eigenvalue weighted by atomic mass is 32.1. The molecule has 1 unspecified atom stereocenters. The summed E-state index contributed by atoms with van der Waals surface area (Å²) in [6.07, 6.45) is 2.93.